The summed E-state index contributed by atoms with van der Waals surface area (Å²) in [6, 6.07) is 15.2. The molecule has 2 aliphatic rings. The molecule has 2 atom stereocenters. The van der Waals surface area contributed by atoms with Crippen LogP contribution in [-0.2, 0) is 34.8 Å². The highest BCUT2D eigenvalue weighted by molar-refractivity contribution is 6.08. The SMILES string of the molecule is Cc1nnn(C)c1-c1cc2c(cc1F)c1ncc(C(C)(C)O)cc1n2C(c1ncccc1F)C1CCOCC1.Cc1nnn(C)c1-c1cc2c(cc1F)c1ncc(C(C)(C)O)cc1n2C(c1ncccc1F)C1CCOCC1. The van der Waals surface area contributed by atoms with E-state index in [1.54, 1.807) is 114 Å². The number of aryl methyl sites for hydroxylation is 4. The van der Waals surface area contributed by atoms with Crippen molar-refractivity contribution in [3.05, 3.63) is 143 Å². The van der Waals surface area contributed by atoms with Gasteiger partial charge in [0.1, 0.15) is 23.3 Å². The average Bonchev–Trinajstić information content (AvgIpc) is 4.35. The first-order valence-electron chi connectivity index (χ1n) is 26.1. The molecule has 0 saturated carbocycles. The Hall–Kier alpha value is -7.52. The molecule has 2 fully saturated rings. The molecule has 0 radical (unpaired) electrons. The lowest BCUT2D eigenvalue weighted by Gasteiger charge is -2.32. The van der Waals surface area contributed by atoms with E-state index in [-0.39, 0.29) is 11.8 Å². The van der Waals surface area contributed by atoms with Gasteiger partial charge in [0.05, 0.1) is 90.5 Å². The normalized spacial score (nSPS) is 15.9. The van der Waals surface area contributed by atoms with E-state index in [4.69, 9.17) is 19.4 Å². The summed E-state index contributed by atoms with van der Waals surface area (Å²) < 4.78 is 80.9. The molecule has 12 rings (SSSR count). The van der Waals surface area contributed by atoms with Gasteiger partial charge in [-0.2, -0.15) is 0 Å². The number of rotatable bonds is 10. The van der Waals surface area contributed by atoms with E-state index in [0.717, 1.165) is 0 Å². The van der Waals surface area contributed by atoms with Crippen molar-refractivity contribution in [3.8, 4) is 22.5 Å². The van der Waals surface area contributed by atoms with Gasteiger partial charge in [0.2, 0.25) is 0 Å². The Balaban J connectivity index is 0.000000165. The van der Waals surface area contributed by atoms with Crippen molar-refractivity contribution in [2.75, 3.05) is 26.4 Å². The number of aliphatic hydroxyl groups is 2. The Morgan fingerprint density at radius 2 is 0.923 bits per heavy atom. The Labute approximate surface area is 446 Å². The first-order chi connectivity index (χ1) is 37.3. The second-order valence-corrected chi connectivity index (χ2v) is 21.6. The van der Waals surface area contributed by atoms with Crippen LogP contribution in [0.15, 0.2) is 85.5 Å². The molecule has 16 nitrogen and oxygen atoms in total. The maximum Gasteiger partial charge on any atom is 0.146 e. The minimum Gasteiger partial charge on any atom is -0.386 e. The van der Waals surface area contributed by atoms with Gasteiger partial charge in [0, 0.05) is 98.3 Å². The van der Waals surface area contributed by atoms with E-state index >= 15 is 17.6 Å². The van der Waals surface area contributed by atoms with Crippen molar-refractivity contribution in [1.82, 2.24) is 59.1 Å². The summed E-state index contributed by atoms with van der Waals surface area (Å²) in [6.07, 6.45) is 9.23. The van der Waals surface area contributed by atoms with Crippen molar-refractivity contribution in [2.24, 2.45) is 25.9 Å². The van der Waals surface area contributed by atoms with Gasteiger partial charge in [-0.15, -0.1) is 10.2 Å². The monoisotopic (exact) mass is 1060 g/mol. The first kappa shape index (κ1) is 52.5. The number of benzene rings is 2. The molecule has 2 N–H and O–H groups in total. The fourth-order valence-electron chi connectivity index (χ4n) is 11.5. The molecule has 404 valence electrons. The summed E-state index contributed by atoms with van der Waals surface area (Å²) >= 11 is 0. The van der Waals surface area contributed by atoms with Gasteiger partial charge in [-0.05, 0) is 140 Å². The van der Waals surface area contributed by atoms with Crippen molar-refractivity contribution in [1.29, 1.82) is 0 Å². The summed E-state index contributed by atoms with van der Waals surface area (Å²) in [5.41, 5.74) is 6.30. The maximum absolute atomic E-state index is 15.8. The van der Waals surface area contributed by atoms with Crippen LogP contribution in [0.5, 0.6) is 0 Å². The van der Waals surface area contributed by atoms with Gasteiger partial charge in [-0.1, -0.05) is 10.4 Å². The Kier molecular flexibility index (Phi) is 13.7. The minimum atomic E-state index is -1.17. The third kappa shape index (κ3) is 9.36. The summed E-state index contributed by atoms with van der Waals surface area (Å²) in [5, 5.41) is 39.2. The van der Waals surface area contributed by atoms with Crippen LogP contribution >= 0.6 is 0 Å². The van der Waals surface area contributed by atoms with Crippen LogP contribution in [0, 0.1) is 49.0 Å². The van der Waals surface area contributed by atoms with Gasteiger partial charge < -0.3 is 28.8 Å². The van der Waals surface area contributed by atoms with E-state index in [9.17, 15) is 10.2 Å². The van der Waals surface area contributed by atoms with Crippen LogP contribution in [0.1, 0.15) is 99.4 Å². The van der Waals surface area contributed by atoms with Crippen molar-refractivity contribution >= 4 is 43.9 Å². The Morgan fingerprint density at radius 1 is 0.538 bits per heavy atom. The number of hydrogen-bond acceptors (Lipinski definition) is 12. The highest BCUT2D eigenvalue weighted by atomic mass is 19.1. The average molecular weight is 1070 g/mol. The number of pyridine rings is 4. The third-order valence-corrected chi connectivity index (χ3v) is 15.5. The van der Waals surface area contributed by atoms with Crippen molar-refractivity contribution in [3.63, 3.8) is 0 Å². The first-order valence-corrected chi connectivity index (χ1v) is 26.1. The Morgan fingerprint density at radius 3 is 1.26 bits per heavy atom. The smallest absolute Gasteiger partial charge is 0.146 e. The number of aromatic nitrogens is 12. The molecule has 2 saturated heterocycles. The van der Waals surface area contributed by atoms with E-state index in [0.29, 0.717) is 152 Å². The number of fused-ring (bicyclic) bond motifs is 6. The molecular formula is C58H60F4N12O4. The molecule has 78 heavy (non-hydrogen) atoms. The third-order valence-electron chi connectivity index (χ3n) is 15.5. The number of hydrogen-bond donors (Lipinski definition) is 2. The minimum absolute atomic E-state index is 0.00125. The van der Waals surface area contributed by atoms with E-state index < -0.39 is 46.6 Å². The molecule has 8 aromatic heterocycles. The van der Waals surface area contributed by atoms with Gasteiger partial charge in [0.25, 0.3) is 0 Å². The predicted octanol–water partition coefficient (Wildman–Crippen LogP) is 10.4. The summed E-state index contributed by atoms with van der Waals surface area (Å²) in [4.78, 5) is 18.4. The predicted molar refractivity (Wildman–Crippen MR) is 286 cm³/mol. The second kappa shape index (κ2) is 20.4. The van der Waals surface area contributed by atoms with Crippen molar-refractivity contribution in [2.45, 2.75) is 90.5 Å². The van der Waals surface area contributed by atoms with Gasteiger partial charge in [-0.3, -0.25) is 19.9 Å². The standard InChI is InChI=1S/2C29H30F2N6O2/c2*1-16-27(36(4)35-34-16)19-14-23-20(13-22(19)31)25-24(12-18(15-33-25)29(2,3)38)37(23)28(17-7-10-39-11-8-17)26-21(30)6-5-9-32-26/h2*5-6,9,12-15,17,28,38H,7-8,10-11H2,1-4H3. The zero-order chi connectivity index (χ0) is 54.9. The van der Waals surface area contributed by atoms with E-state index in [2.05, 4.69) is 30.6 Å². The van der Waals surface area contributed by atoms with Gasteiger partial charge >= 0.3 is 0 Å². The molecule has 10 heterocycles. The molecule has 0 amide bonds. The molecule has 0 spiro atoms. The zero-order valence-electron chi connectivity index (χ0n) is 44.6. The molecule has 2 unspecified atom stereocenters. The summed E-state index contributed by atoms with van der Waals surface area (Å²) in [5.74, 6) is -1.69. The second-order valence-electron chi connectivity index (χ2n) is 21.6. The lowest BCUT2D eigenvalue weighted by Crippen LogP contribution is -2.28. The van der Waals surface area contributed by atoms with Crippen LogP contribution in [0.3, 0.4) is 0 Å². The molecule has 20 heteroatoms. The van der Waals surface area contributed by atoms with Gasteiger partial charge in [-0.25, -0.2) is 26.9 Å². The summed E-state index contributed by atoms with van der Waals surface area (Å²) in [6.45, 7) is 12.5. The number of nitrogens with zero attached hydrogens (tertiary/aromatic N) is 12. The lowest BCUT2D eigenvalue weighted by molar-refractivity contribution is 0.0542. The fraction of sp³-hybridized carbons (Fsp3) is 0.379. The van der Waals surface area contributed by atoms with Crippen LogP contribution in [0.25, 0.3) is 66.4 Å². The number of halogens is 4. The molecule has 0 bridgehead atoms. The summed E-state index contributed by atoms with van der Waals surface area (Å²) in [7, 11) is 3.44. The van der Waals surface area contributed by atoms with Crippen LogP contribution in [0.2, 0.25) is 0 Å². The quantitative estimate of drug-likeness (QED) is 0.124. The molecule has 10 aromatic rings. The molecule has 0 aliphatic carbocycles. The highest BCUT2D eigenvalue weighted by Crippen LogP contribution is 2.45. The number of ether oxygens (including phenoxy) is 2. The molecule has 2 aliphatic heterocycles. The van der Waals surface area contributed by atoms with Crippen molar-refractivity contribution < 1.29 is 37.2 Å². The van der Waals surface area contributed by atoms with E-state index in [1.807, 2.05) is 21.3 Å². The maximum atomic E-state index is 15.8. The van der Waals surface area contributed by atoms with Crippen LogP contribution < -0.4 is 0 Å². The van der Waals surface area contributed by atoms with Gasteiger partial charge in [0.15, 0.2) is 0 Å². The molecule has 2 aromatic carbocycles. The Bertz CT molecular complexity index is 3610. The zero-order valence-corrected chi connectivity index (χ0v) is 44.6. The fourth-order valence-corrected chi connectivity index (χ4v) is 11.5. The largest absolute Gasteiger partial charge is 0.386 e. The highest BCUT2D eigenvalue weighted by Gasteiger charge is 2.36. The van der Waals surface area contributed by atoms with Crippen LogP contribution in [-0.4, -0.2) is 95.7 Å². The molecular weight excluding hydrogens is 1000 g/mol. The van der Waals surface area contributed by atoms with Crippen LogP contribution in [0.4, 0.5) is 17.6 Å². The van der Waals surface area contributed by atoms with E-state index in [1.165, 1.54) is 24.3 Å². The lowest BCUT2D eigenvalue weighted by atomic mass is 9.88. The topological polar surface area (TPSA) is 182 Å².